The maximum atomic E-state index is 14.8. The quantitative estimate of drug-likeness (QED) is 0.391. The largest absolute Gasteiger partial charge is 0.481 e. The van der Waals surface area contributed by atoms with E-state index >= 15 is 0 Å². The number of hydrogen-bond donors (Lipinski definition) is 0. The highest BCUT2D eigenvalue weighted by Gasteiger charge is 2.30. The van der Waals surface area contributed by atoms with Gasteiger partial charge in [0.1, 0.15) is 5.82 Å². The lowest BCUT2D eigenvalue weighted by atomic mass is 9.77. The number of alkyl halides is 3. The van der Waals surface area contributed by atoms with Crippen molar-refractivity contribution in [3.63, 3.8) is 0 Å². The molecule has 0 heterocycles. The molecular weight excluding hydrogens is 418 g/mol. The zero-order valence-electron chi connectivity index (χ0n) is 17.4. The Hall–Kier alpha value is -2.18. The van der Waals surface area contributed by atoms with Gasteiger partial charge >= 0.3 is 6.18 Å². The molecule has 0 N–H and O–H groups in total. The van der Waals surface area contributed by atoms with Crippen molar-refractivity contribution in [3.05, 3.63) is 53.3 Å². The van der Waals surface area contributed by atoms with Crippen molar-refractivity contribution in [2.24, 2.45) is 5.92 Å². The van der Waals surface area contributed by atoms with Gasteiger partial charge in [-0.25, -0.2) is 8.78 Å². The number of unbranched alkanes of at least 4 members (excludes halogenated alkanes) is 1. The van der Waals surface area contributed by atoms with Crippen LogP contribution in [0.2, 0.25) is 0 Å². The van der Waals surface area contributed by atoms with Crippen molar-refractivity contribution in [3.8, 4) is 16.9 Å². The first kappa shape index (κ1) is 23.5. The van der Waals surface area contributed by atoms with E-state index in [2.05, 4.69) is 11.7 Å². The van der Waals surface area contributed by atoms with Gasteiger partial charge in [0, 0.05) is 11.1 Å². The summed E-state index contributed by atoms with van der Waals surface area (Å²) in [5.41, 5.74) is 0.338. The minimum absolute atomic E-state index is 0.140. The van der Waals surface area contributed by atoms with Gasteiger partial charge in [0.25, 0.3) is 0 Å². The first-order valence-corrected chi connectivity index (χ1v) is 10.7. The number of ether oxygens (including phenoxy) is 1. The Labute approximate surface area is 178 Å². The number of halogens is 6. The minimum atomic E-state index is -4.68. The Bertz CT molecular complexity index is 884. The summed E-state index contributed by atoms with van der Waals surface area (Å²) in [6.07, 6.45) is 3.10. The van der Waals surface area contributed by atoms with Crippen LogP contribution in [0.25, 0.3) is 11.1 Å². The summed E-state index contributed by atoms with van der Waals surface area (Å²) in [7, 11) is 0. The molecule has 0 aliphatic heterocycles. The predicted octanol–water partition coefficient (Wildman–Crippen LogP) is 8.18. The lowest BCUT2D eigenvalue weighted by Crippen LogP contribution is -2.19. The molecule has 2 aromatic rings. The van der Waals surface area contributed by atoms with E-state index in [1.807, 2.05) is 0 Å². The Balaban J connectivity index is 1.74. The molecule has 3 rings (SSSR count). The smallest absolute Gasteiger partial charge is 0.422 e. The third-order valence-electron chi connectivity index (χ3n) is 6.01. The van der Waals surface area contributed by atoms with E-state index in [4.69, 9.17) is 0 Å². The van der Waals surface area contributed by atoms with Crippen LogP contribution >= 0.6 is 0 Å². The molecule has 7 heteroatoms. The molecule has 0 aromatic heterocycles. The maximum absolute atomic E-state index is 14.8. The average Bonchev–Trinajstić information content (AvgIpc) is 2.73. The highest BCUT2D eigenvalue weighted by molar-refractivity contribution is 5.66. The molecule has 0 amide bonds. The Morgan fingerprint density at radius 1 is 0.903 bits per heavy atom. The van der Waals surface area contributed by atoms with Gasteiger partial charge in [0.05, 0.1) is 0 Å². The molecule has 1 saturated carbocycles. The van der Waals surface area contributed by atoms with E-state index in [9.17, 15) is 26.3 Å². The van der Waals surface area contributed by atoms with Crippen molar-refractivity contribution in [1.82, 2.24) is 0 Å². The molecule has 0 spiro atoms. The molecule has 1 nitrogen and oxygen atoms in total. The van der Waals surface area contributed by atoms with Crippen molar-refractivity contribution in [2.75, 3.05) is 6.61 Å². The molecule has 31 heavy (non-hydrogen) atoms. The van der Waals surface area contributed by atoms with Crippen LogP contribution in [0.15, 0.2) is 30.3 Å². The zero-order chi connectivity index (χ0) is 22.6. The third-order valence-corrected chi connectivity index (χ3v) is 6.01. The van der Waals surface area contributed by atoms with E-state index < -0.39 is 36.0 Å². The predicted molar refractivity (Wildman–Crippen MR) is 108 cm³/mol. The topological polar surface area (TPSA) is 9.23 Å². The van der Waals surface area contributed by atoms with Crippen LogP contribution in [-0.4, -0.2) is 12.8 Å². The first-order chi connectivity index (χ1) is 14.7. The minimum Gasteiger partial charge on any atom is -0.481 e. The fraction of sp³-hybridized carbons (Fsp3) is 0.500. The summed E-state index contributed by atoms with van der Waals surface area (Å²) in [4.78, 5) is 0. The standard InChI is InChI=1S/C24H26F6O/c1-2-3-4-15-5-7-16(8-6-15)17-9-10-18(20(25)13-17)19-11-12-21(23(27)22(19)26)31-14-24(28,29)30/h9-13,15-16H,2-8,14H2,1H3. The van der Waals surface area contributed by atoms with Crippen molar-refractivity contribution < 1.29 is 31.1 Å². The van der Waals surface area contributed by atoms with Crippen LogP contribution in [-0.2, 0) is 0 Å². The summed E-state index contributed by atoms with van der Waals surface area (Å²) in [6.45, 7) is 0.431. The van der Waals surface area contributed by atoms with E-state index in [1.165, 1.54) is 31.4 Å². The van der Waals surface area contributed by atoms with Crippen LogP contribution < -0.4 is 4.74 Å². The highest BCUT2D eigenvalue weighted by atomic mass is 19.4. The summed E-state index contributed by atoms with van der Waals surface area (Å²) >= 11 is 0. The maximum Gasteiger partial charge on any atom is 0.422 e. The molecular formula is C24H26F6O. The van der Waals surface area contributed by atoms with Crippen LogP contribution in [0.5, 0.6) is 5.75 Å². The number of hydrogen-bond acceptors (Lipinski definition) is 1. The molecule has 0 bridgehead atoms. The molecule has 0 atom stereocenters. The molecule has 1 aliphatic rings. The van der Waals surface area contributed by atoms with Gasteiger partial charge in [-0.05, 0) is 61.3 Å². The average molecular weight is 444 g/mol. The van der Waals surface area contributed by atoms with Crippen molar-refractivity contribution in [1.29, 1.82) is 0 Å². The molecule has 0 radical (unpaired) electrons. The van der Waals surface area contributed by atoms with Gasteiger partial charge in [-0.15, -0.1) is 0 Å². The summed E-state index contributed by atoms with van der Waals surface area (Å²) in [6, 6.07) is 6.39. The summed E-state index contributed by atoms with van der Waals surface area (Å²) < 4.78 is 84.4. The van der Waals surface area contributed by atoms with Crippen molar-refractivity contribution >= 4 is 0 Å². The van der Waals surface area contributed by atoms with Gasteiger partial charge in [-0.1, -0.05) is 38.3 Å². The monoisotopic (exact) mass is 444 g/mol. The van der Waals surface area contributed by atoms with E-state index in [0.29, 0.717) is 0 Å². The second kappa shape index (κ2) is 9.96. The van der Waals surface area contributed by atoms with Crippen molar-refractivity contribution in [2.45, 2.75) is 64.0 Å². The molecule has 0 saturated heterocycles. The van der Waals surface area contributed by atoms with Crippen LogP contribution in [0.1, 0.15) is 63.4 Å². The number of rotatable bonds is 7. The molecule has 1 fully saturated rings. The van der Waals surface area contributed by atoms with Gasteiger partial charge in [0.2, 0.25) is 5.82 Å². The van der Waals surface area contributed by atoms with Gasteiger partial charge in [-0.2, -0.15) is 17.6 Å². The lowest BCUT2D eigenvalue weighted by molar-refractivity contribution is -0.153. The normalized spacial score (nSPS) is 19.5. The lowest BCUT2D eigenvalue weighted by Gasteiger charge is -2.29. The molecule has 170 valence electrons. The number of benzene rings is 2. The van der Waals surface area contributed by atoms with Crippen LogP contribution in [0.3, 0.4) is 0 Å². The Morgan fingerprint density at radius 2 is 1.58 bits per heavy atom. The van der Waals surface area contributed by atoms with Gasteiger partial charge < -0.3 is 4.74 Å². The van der Waals surface area contributed by atoms with Crippen LogP contribution in [0.4, 0.5) is 26.3 Å². The van der Waals surface area contributed by atoms with E-state index in [0.717, 1.165) is 49.3 Å². The Morgan fingerprint density at radius 3 is 2.19 bits per heavy atom. The van der Waals surface area contributed by atoms with E-state index in [-0.39, 0.29) is 17.0 Å². The fourth-order valence-electron chi connectivity index (χ4n) is 4.29. The van der Waals surface area contributed by atoms with Gasteiger partial charge in [-0.3, -0.25) is 0 Å². The molecule has 1 aliphatic carbocycles. The Kier molecular flexibility index (Phi) is 7.55. The first-order valence-electron chi connectivity index (χ1n) is 10.7. The molecule has 0 unspecified atom stereocenters. The summed E-state index contributed by atoms with van der Waals surface area (Å²) in [5, 5.41) is 0. The van der Waals surface area contributed by atoms with E-state index in [1.54, 1.807) is 6.07 Å². The SMILES string of the molecule is CCCCC1CCC(c2ccc(-c3ccc(OCC(F)(F)F)c(F)c3F)c(F)c2)CC1. The molecule has 2 aromatic carbocycles. The second-order valence-electron chi connectivity index (χ2n) is 8.24. The van der Waals surface area contributed by atoms with Gasteiger partial charge in [0.15, 0.2) is 18.2 Å². The fourth-order valence-corrected chi connectivity index (χ4v) is 4.29. The third kappa shape index (κ3) is 5.95. The summed E-state index contributed by atoms with van der Waals surface area (Å²) in [5.74, 6) is -3.61. The van der Waals surface area contributed by atoms with Crippen LogP contribution in [0, 0.1) is 23.4 Å². The second-order valence-corrected chi connectivity index (χ2v) is 8.24. The zero-order valence-corrected chi connectivity index (χ0v) is 17.4. The highest BCUT2D eigenvalue weighted by Crippen LogP contribution is 2.39.